The number of hydrogen-bond acceptors (Lipinski definition) is 10. The van der Waals surface area contributed by atoms with Crippen LogP contribution in [-0.2, 0) is 25.9 Å². The number of likely N-dealkylation sites (tertiary alicyclic amines) is 1. The summed E-state index contributed by atoms with van der Waals surface area (Å²) >= 11 is 1.43. The minimum absolute atomic E-state index is 0.0514. The number of hydrogen-bond donors (Lipinski definition) is 2. The van der Waals surface area contributed by atoms with Gasteiger partial charge in [0.1, 0.15) is 23.4 Å². The molecule has 6 rings (SSSR count). The number of amides is 2. The molecule has 1 saturated heterocycles. The molecule has 1 atom stereocenters. The Balaban J connectivity index is 1.04. The van der Waals surface area contributed by atoms with Crippen molar-refractivity contribution in [3.63, 3.8) is 0 Å². The number of anilines is 1. The van der Waals surface area contributed by atoms with E-state index in [9.17, 15) is 22.8 Å². The van der Waals surface area contributed by atoms with Crippen LogP contribution in [0.2, 0.25) is 0 Å². The molecule has 0 radical (unpaired) electrons. The van der Waals surface area contributed by atoms with Gasteiger partial charge in [0.25, 0.3) is 11.8 Å². The number of nitrogens with one attached hydrogen (secondary N) is 2. The maximum Gasteiger partial charge on any atom is 0.323 e. The van der Waals surface area contributed by atoms with Crippen LogP contribution < -0.4 is 15.4 Å². The third-order valence-corrected chi connectivity index (χ3v) is 10.7. The number of thiazole rings is 1. The van der Waals surface area contributed by atoms with E-state index in [1.807, 2.05) is 24.3 Å². The zero-order valence-corrected chi connectivity index (χ0v) is 25.9. The number of fused-ring (bicyclic) bond motifs is 2. The molecular formula is C32H30N4O7S2. The highest BCUT2D eigenvalue weighted by Gasteiger charge is 2.32. The number of carbonyl (C=O) groups is 3. The van der Waals surface area contributed by atoms with E-state index in [-0.39, 0.29) is 45.2 Å². The molecule has 45 heavy (non-hydrogen) atoms. The number of nitrogens with zero attached hydrogens (tertiary/aromatic N) is 2. The van der Waals surface area contributed by atoms with Crippen molar-refractivity contribution in [2.24, 2.45) is 0 Å². The summed E-state index contributed by atoms with van der Waals surface area (Å²) in [4.78, 5) is 44.9. The molecule has 4 aromatic rings. The molecule has 13 heteroatoms. The van der Waals surface area contributed by atoms with Gasteiger partial charge in [0.05, 0.1) is 34.7 Å². The van der Waals surface area contributed by atoms with Crippen molar-refractivity contribution < 1.29 is 32.3 Å². The molecule has 0 aliphatic carbocycles. The van der Waals surface area contributed by atoms with Crippen LogP contribution in [0.3, 0.4) is 0 Å². The van der Waals surface area contributed by atoms with Crippen molar-refractivity contribution in [1.82, 2.24) is 15.2 Å². The Labute approximate surface area is 264 Å². The van der Waals surface area contributed by atoms with Crippen LogP contribution in [0.25, 0.3) is 10.6 Å². The molecule has 2 amide bonds. The van der Waals surface area contributed by atoms with Crippen molar-refractivity contribution >= 4 is 44.6 Å². The molecule has 0 saturated carbocycles. The van der Waals surface area contributed by atoms with Gasteiger partial charge in [0.15, 0.2) is 0 Å². The second-order valence-corrected chi connectivity index (χ2v) is 13.6. The molecule has 1 fully saturated rings. The third-order valence-electron chi connectivity index (χ3n) is 7.76. The number of benzene rings is 3. The van der Waals surface area contributed by atoms with E-state index in [4.69, 9.17) is 9.47 Å². The van der Waals surface area contributed by atoms with Gasteiger partial charge in [-0.2, -0.15) is 0 Å². The third kappa shape index (κ3) is 6.32. The SMILES string of the molecule is COC(=O)[C@@H]1CCCN1CCOc1ccc(-c2ncc(CNC(=O)c3ccc4c(c3)NC(=O)c3ccccc3S4(=O)=O)s2)cc1. The number of sulfone groups is 1. The fraction of sp³-hybridized carbons (Fsp3) is 0.250. The predicted octanol–water partition coefficient (Wildman–Crippen LogP) is 4.15. The Morgan fingerprint density at radius 2 is 1.89 bits per heavy atom. The standard InChI is InChI=1S/C32H30N4O7S2/c1-42-32(39)26-6-4-14-36(26)15-16-43-22-11-8-20(9-12-22)31-34-19-23(44-31)18-33-29(37)21-10-13-28-25(17-21)35-30(38)24-5-2-3-7-27(24)45(28,40)41/h2-3,5,7-13,17,19,26H,4,6,14-16,18H2,1H3,(H,33,37)(H,35,38)/t26-/m0/s1. The quantitative estimate of drug-likeness (QED) is 0.256. The largest absolute Gasteiger partial charge is 0.492 e. The number of aromatic nitrogens is 1. The summed E-state index contributed by atoms with van der Waals surface area (Å²) in [6.07, 6.45) is 3.46. The van der Waals surface area contributed by atoms with Crippen LogP contribution in [0.15, 0.2) is 82.7 Å². The van der Waals surface area contributed by atoms with E-state index in [2.05, 4.69) is 20.5 Å². The van der Waals surface area contributed by atoms with Gasteiger partial charge in [-0.15, -0.1) is 11.3 Å². The molecule has 232 valence electrons. The summed E-state index contributed by atoms with van der Waals surface area (Å²) in [7, 11) is -2.54. The second-order valence-electron chi connectivity index (χ2n) is 10.6. The summed E-state index contributed by atoms with van der Waals surface area (Å²) < 4.78 is 37.2. The first-order valence-corrected chi connectivity index (χ1v) is 16.6. The highest BCUT2D eigenvalue weighted by Crippen LogP contribution is 2.34. The lowest BCUT2D eigenvalue weighted by molar-refractivity contribution is -0.145. The molecule has 11 nitrogen and oxygen atoms in total. The molecule has 3 aromatic carbocycles. The van der Waals surface area contributed by atoms with Gasteiger partial charge in [-0.05, 0) is 74.0 Å². The normalized spacial score (nSPS) is 17.0. The first-order valence-electron chi connectivity index (χ1n) is 14.3. The average molecular weight is 647 g/mol. The first-order chi connectivity index (χ1) is 21.7. The molecule has 0 bridgehead atoms. The summed E-state index contributed by atoms with van der Waals surface area (Å²) in [5.41, 5.74) is 1.22. The van der Waals surface area contributed by atoms with E-state index in [1.54, 1.807) is 18.3 Å². The Morgan fingerprint density at radius 3 is 2.69 bits per heavy atom. The molecule has 1 aromatic heterocycles. The smallest absolute Gasteiger partial charge is 0.323 e. The minimum Gasteiger partial charge on any atom is -0.492 e. The van der Waals surface area contributed by atoms with Crippen LogP contribution in [0.1, 0.15) is 38.4 Å². The van der Waals surface area contributed by atoms with Crippen LogP contribution >= 0.6 is 11.3 Å². The monoisotopic (exact) mass is 646 g/mol. The fourth-order valence-corrected chi connectivity index (χ4v) is 7.91. The lowest BCUT2D eigenvalue weighted by atomic mass is 10.1. The summed E-state index contributed by atoms with van der Waals surface area (Å²) in [5, 5.41) is 6.24. The highest BCUT2D eigenvalue weighted by molar-refractivity contribution is 7.91. The van der Waals surface area contributed by atoms with E-state index in [0.717, 1.165) is 34.8 Å². The molecule has 2 aliphatic heterocycles. The van der Waals surface area contributed by atoms with E-state index >= 15 is 0 Å². The summed E-state index contributed by atoms with van der Waals surface area (Å²) in [6.45, 7) is 2.15. The Kier molecular flexibility index (Phi) is 8.65. The molecule has 2 N–H and O–H groups in total. The van der Waals surface area contributed by atoms with Gasteiger partial charge in [0, 0.05) is 28.7 Å². The number of rotatable bonds is 9. The first kappa shape index (κ1) is 30.4. The van der Waals surface area contributed by atoms with Crippen LogP contribution in [-0.4, -0.2) is 68.9 Å². The molecule has 0 unspecified atom stereocenters. The lowest BCUT2D eigenvalue weighted by Gasteiger charge is -2.22. The fourth-order valence-electron chi connectivity index (χ4n) is 5.46. The van der Waals surface area contributed by atoms with E-state index < -0.39 is 21.7 Å². The zero-order chi connectivity index (χ0) is 31.6. The van der Waals surface area contributed by atoms with Crippen LogP contribution in [0, 0.1) is 0 Å². The van der Waals surface area contributed by atoms with Crippen molar-refractivity contribution in [3.05, 3.63) is 88.9 Å². The predicted molar refractivity (Wildman–Crippen MR) is 167 cm³/mol. The van der Waals surface area contributed by atoms with Gasteiger partial charge in [-0.1, -0.05) is 12.1 Å². The summed E-state index contributed by atoms with van der Waals surface area (Å²) in [6, 6.07) is 17.5. The van der Waals surface area contributed by atoms with Gasteiger partial charge >= 0.3 is 5.97 Å². The van der Waals surface area contributed by atoms with Gasteiger partial charge < -0.3 is 20.1 Å². The number of carbonyl (C=O) groups excluding carboxylic acids is 3. The number of esters is 1. The molecule has 2 aliphatic rings. The Bertz CT molecular complexity index is 1870. The van der Waals surface area contributed by atoms with Crippen LogP contribution in [0.4, 0.5) is 5.69 Å². The maximum atomic E-state index is 13.2. The maximum absolute atomic E-state index is 13.2. The molecule has 0 spiro atoms. The van der Waals surface area contributed by atoms with Crippen LogP contribution in [0.5, 0.6) is 5.75 Å². The topological polar surface area (TPSA) is 144 Å². The Hall–Kier alpha value is -4.59. The van der Waals surface area contributed by atoms with Crippen molar-refractivity contribution in [2.45, 2.75) is 35.2 Å². The van der Waals surface area contributed by atoms with Crippen molar-refractivity contribution in [3.8, 4) is 16.3 Å². The van der Waals surface area contributed by atoms with Crippen molar-refractivity contribution in [1.29, 1.82) is 0 Å². The van der Waals surface area contributed by atoms with E-state index in [0.29, 0.717) is 18.9 Å². The van der Waals surface area contributed by atoms with Gasteiger partial charge in [-0.25, -0.2) is 13.4 Å². The lowest BCUT2D eigenvalue weighted by Crippen LogP contribution is -2.39. The summed E-state index contributed by atoms with van der Waals surface area (Å²) in [5.74, 6) is -0.467. The number of methoxy groups -OCH3 is 1. The van der Waals surface area contributed by atoms with Crippen molar-refractivity contribution in [2.75, 3.05) is 32.1 Å². The van der Waals surface area contributed by atoms with E-state index in [1.165, 1.54) is 48.8 Å². The van der Waals surface area contributed by atoms with Gasteiger partial charge in [-0.3, -0.25) is 19.3 Å². The number of ether oxygens (including phenoxy) is 2. The Morgan fingerprint density at radius 1 is 1.09 bits per heavy atom. The molecular weight excluding hydrogens is 617 g/mol. The highest BCUT2D eigenvalue weighted by atomic mass is 32.2. The van der Waals surface area contributed by atoms with Gasteiger partial charge in [0.2, 0.25) is 9.84 Å². The second kappa shape index (κ2) is 12.8. The average Bonchev–Trinajstić information content (AvgIpc) is 3.72. The zero-order valence-electron chi connectivity index (χ0n) is 24.3. The minimum atomic E-state index is -3.96. The molecule has 3 heterocycles.